The normalized spacial score (nSPS) is 11.0. The van der Waals surface area contributed by atoms with Crippen molar-refractivity contribution in [1.29, 1.82) is 0 Å². The van der Waals surface area contributed by atoms with Gasteiger partial charge in [-0.05, 0) is 36.4 Å². The van der Waals surface area contributed by atoms with E-state index in [1.807, 2.05) is 0 Å². The average molecular weight is 402 g/mol. The van der Waals surface area contributed by atoms with Crippen molar-refractivity contribution in [3.8, 4) is 0 Å². The first-order chi connectivity index (χ1) is 11.7. The zero-order chi connectivity index (χ0) is 18.6. The maximum Gasteiger partial charge on any atom is 0.253 e. The van der Waals surface area contributed by atoms with Crippen LogP contribution in [0.25, 0.3) is 0 Å². The van der Waals surface area contributed by atoms with Gasteiger partial charge in [0.2, 0.25) is 15.9 Å². The summed E-state index contributed by atoms with van der Waals surface area (Å²) in [7, 11) is -3.88. The van der Waals surface area contributed by atoms with Crippen LogP contribution in [0.4, 0.5) is 5.69 Å². The first-order valence-corrected chi connectivity index (χ1v) is 9.13. The van der Waals surface area contributed by atoms with Crippen LogP contribution in [0.3, 0.4) is 0 Å². The lowest BCUT2D eigenvalue weighted by atomic mass is 10.2. The van der Waals surface area contributed by atoms with Crippen molar-refractivity contribution >= 4 is 50.7 Å². The number of sulfonamides is 1. The Balaban J connectivity index is 1.98. The fraction of sp³-hybridized carbons (Fsp3) is 0.0667. The number of anilines is 1. The molecule has 0 aliphatic heterocycles. The number of hydrogen-bond donors (Lipinski definition) is 3. The summed E-state index contributed by atoms with van der Waals surface area (Å²) in [5.41, 5.74) is 0.408. The summed E-state index contributed by atoms with van der Waals surface area (Å²) in [6.45, 7) is -0.336. The molecular formula is C15H13Cl2N3O4S. The Morgan fingerprint density at radius 2 is 1.80 bits per heavy atom. The van der Waals surface area contributed by atoms with Crippen LogP contribution in [0.15, 0.2) is 47.4 Å². The SMILES string of the molecule is NS(=O)(=O)c1cccc(NC(=O)CNC(=O)c2ccc(Cl)cc2Cl)c1. The second kappa shape index (κ2) is 7.83. The minimum absolute atomic E-state index is 0.137. The third-order valence-electron chi connectivity index (χ3n) is 3.03. The van der Waals surface area contributed by atoms with E-state index in [1.54, 1.807) is 0 Å². The van der Waals surface area contributed by atoms with Crippen LogP contribution in [-0.4, -0.2) is 26.8 Å². The summed E-state index contributed by atoms with van der Waals surface area (Å²) in [6, 6.07) is 9.79. The molecule has 0 saturated carbocycles. The Hall–Kier alpha value is -2.13. The van der Waals surface area contributed by atoms with Gasteiger partial charge in [-0.2, -0.15) is 0 Å². The number of primary sulfonamides is 1. The fourth-order valence-corrected chi connectivity index (χ4v) is 2.94. The smallest absolute Gasteiger partial charge is 0.253 e. The zero-order valence-electron chi connectivity index (χ0n) is 12.6. The van der Waals surface area contributed by atoms with E-state index < -0.39 is 21.8 Å². The van der Waals surface area contributed by atoms with Crippen molar-refractivity contribution < 1.29 is 18.0 Å². The molecule has 2 amide bonds. The lowest BCUT2D eigenvalue weighted by molar-refractivity contribution is -0.115. The molecule has 0 saturated heterocycles. The van der Waals surface area contributed by atoms with E-state index in [0.29, 0.717) is 5.02 Å². The number of hydrogen-bond acceptors (Lipinski definition) is 4. The summed E-state index contributed by atoms with van der Waals surface area (Å²) < 4.78 is 22.6. The fourth-order valence-electron chi connectivity index (χ4n) is 1.89. The molecule has 0 radical (unpaired) electrons. The van der Waals surface area contributed by atoms with Crippen LogP contribution in [0.5, 0.6) is 0 Å². The van der Waals surface area contributed by atoms with Crippen LogP contribution >= 0.6 is 23.2 Å². The Kier molecular flexibility index (Phi) is 6.02. The lowest BCUT2D eigenvalue weighted by Gasteiger charge is -2.09. The number of rotatable bonds is 5. The summed E-state index contributed by atoms with van der Waals surface area (Å²) >= 11 is 11.7. The second-order valence-corrected chi connectivity index (χ2v) is 7.33. The van der Waals surface area contributed by atoms with Crippen LogP contribution in [-0.2, 0) is 14.8 Å². The highest BCUT2D eigenvalue weighted by molar-refractivity contribution is 7.89. The van der Waals surface area contributed by atoms with Gasteiger partial charge in [0, 0.05) is 10.7 Å². The first-order valence-electron chi connectivity index (χ1n) is 6.83. The lowest BCUT2D eigenvalue weighted by Crippen LogP contribution is -2.33. The highest BCUT2D eigenvalue weighted by Gasteiger charge is 2.13. The van der Waals surface area contributed by atoms with Gasteiger partial charge in [0.25, 0.3) is 5.91 Å². The van der Waals surface area contributed by atoms with Gasteiger partial charge in [-0.3, -0.25) is 9.59 Å². The topological polar surface area (TPSA) is 118 Å². The Morgan fingerprint density at radius 3 is 2.44 bits per heavy atom. The van der Waals surface area contributed by atoms with Gasteiger partial charge in [0.15, 0.2) is 0 Å². The van der Waals surface area contributed by atoms with Gasteiger partial charge in [-0.25, -0.2) is 13.6 Å². The van der Waals surface area contributed by atoms with Crippen LogP contribution in [0.1, 0.15) is 10.4 Å². The van der Waals surface area contributed by atoms with E-state index >= 15 is 0 Å². The quantitative estimate of drug-likeness (QED) is 0.709. The number of carbonyl (C=O) groups is 2. The van der Waals surface area contributed by atoms with Crippen molar-refractivity contribution in [2.24, 2.45) is 5.14 Å². The highest BCUT2D eigenvalue weighted by Crippen LogP contribution is 2.20. The molecule has 10 heteroatoms. The maximum absolute atomic E-state index is 12.0. The summed E-state index contributed by atoms with van der Waals surface area (Å²) in [6.07, 6.45) is 0. The summed E-state index contributed by atoms with van der Waals surface area (Å²) in [4.78, 5) is 23.8. The van der Waals surface area contributed by atoms with E-state index in [9.17, 15) is 18.0 Å². The Labute approximate surface area is 154 Å². The predicted octanol–water partition coefficient (Wildman–Crippen LogP) is 2.01. The third kappa shape index (κ3) is 5.43. The molecule has 25 heavy (non-hydrogen) atoms. The first kappa shape index (κ1) is 19.2. The van der Waals surface area contributed by atoms with Crippen LogP contribution in [0.2, 0.25) is 10.0 Å². The van der Waals surface area contributed by atoms with Gasteiger partial charge < -0.3 is 10.6 Å². The van der Waals surface area contributed by atoms with Gasteiger partial charge in [0.05, 0.1) is 22.0 Å². The summed E-state index contributed by atoms with van der Waals surface area (Å²) in [5, 5.41) is 10.4. The molecule has 132 valence electrons. The van der Waals surface area contributed by atoms with Crippen molar-refractivity contribution in [2.75, 3.05) is 11.9 Å². The standard InChI is InChI=1S/C15H13Cl2N3O4S/c16-9-4-5-12(13(17)6-9)15(22)19-8-14(21)20-10-2-1-3-11(7-10)25(18,23)24/h1-7H,8H2,(H,19,22)(H,20,21)(H2,18,23,24). The molecule has 0 aromatic heterocycles. The van der Waals surface area contributed by atoms with Crippen molar-refractivity contribution in [1.82, 2.24) is 5.32 Å². The van der Waals surface area contributed by atoms with Gasteiger partial charge >= 0.3 is 0 Å². The van der Waals surface area contributed by atoms with E-state index in [4.69, 9.17) is 28.3 Å². The minimum Gasteiger partial charge on any atom is -0.343 e. The molecule has 0 aliphatic rings. The van der Waals surface area contributed by atoms with Crippen LogP contribution < -0.4 is 15.8 Å². The molecule has 0 heterocycles. The third-order valence-corrected chi connectivity index (χ3v) is 4.49. The Morgan fingerprint density at radius 1 is 1.08 bits per heavy atom. The monoisotopic (exact) mass is 401 g/mol. The van der Waals surface area contributed by atoms with Crippen molar-refractivity contribution in [2.45, 2.75) is 4.90 Å². The Bertz CT molecular complexity index is 932. The van der Waals surface area contributed by atoms with E-state index in [0.717, 1.165) is 0 Å². The number of carbonyl (C=O) groups excluding carboxylic acids is 2. The molecule has 2 rings (SSSR count). The predicted molar refractivity (Wildman–Crippen MR) is 95.2 cm³/mol. The maximum atomic E-state index is 12.0. The van der Waals surface area contributed by atoms with Gasteiger partial charge in [-0.1, -0.05) is 29.3 Å². The molecule has 7 nitrogen and oxygen atoms in total. The molecule has 0 bridgehead atoms. The van der Waals surface area contributed by atoms with Crippen LogP contribution in [0, 0.1) is 0 Å². The van der Waals surface area contributed by atoms with E-state index in [1.165, 1.54) is 42.5 Å². The minimum atomic E-state index is -3.88. The average Bonchev–Trinajstić information content (AvgIpc) is 2.52. The number of nitrogens with two attached hydrogens (primary N) is 1. The zero-order valence-corrected chi connectivity index (χ0v) is 15.0. The van der Waals surface area contributed by atoms with Gasteiger partial charge in [0.1, 0.15) is 0 Å². The molecule has 0 fully saturated rings. The molecular weight excluding hydrogens is 389 g/mol. The number of nitrogens with one attached hydrogen (secondary N) is 2. The highest BCUT2D eigenvalue weighted by atomic mass is 35.5. The largest absolute Gasteiger partial charge is 0.343 e. The van der Waals surface area contributed by atoms with Crippen molar-refractivity contribution in [3.63, 3.8) is 0 Å². The number of benzene rings is 2. The molecule has 2 aromatic rings. The second-order valence-electron chi connectivity index (χ2n) is 4.93. The van der Waals surface area contributed by atoms with Gasteiger partial charge in [-0.15, -0.1) is 0 Å². The molecule has 0 aliphatic carbocycles. The molecule has 0 unspecified atom stereocenters. The number of amides is 2. The van der Waals surface area contributed by atoms with E-state index in [-0.39, 0.29) is 27.7 Å². The molecule has 4 N–H and O–H groups in total. The molecule has 0 spiro atoms. The number of halogens is 2. The van der Waals surface area contributed by atoms with E-state index in [2.05, 4.69) is 10.6 Å². The molecule has 0 atom stereocenters. The van der Waals surface area contributed by atoms with Crippen molar-refractivity contribution in [3.05, 3.63) is 58.1 Å². The molecule has 2 aromatic carbocycles. The summed E-state index contributed by atoms with van der Waals surface area (Å²) in [5.74, 6) is -1.10.